The number of nitrogens with one attached hydrogen (secondary N) is 1. The summed E-state index contributed by atoms with van der Waals surface area (Å²) >= 11 is 2.85. The molecule has 0 bridgehead atoms. The smallest absolute Gasteiger partial charge is 0.236 e. The van der Waals surface area contributed by atoms with Crippen molar-refractivity contribution in [1.82, 2.24) is 25.2 Å². The Bertz CT molecular complexity index is 961. The van der Waals surface area contributed by atoms with E-state index in [0.717, 1.165) is 41.8 Å². The van der Waals surface area contributed by atoms with Gasteiger partial charge in [-0.25, -0.2) is 9.67 Å². The second-order valence-electron chi connectivity index (χ2n) is 6.84. The maximum atomic E-state index is 12.3. The quantitative estimate of drug-likeness (QED) is 0.558. The zero-order valence-corrected chi connectivity index (χ0v) is 17.5. The van der Waals surface area contributed by atoms with Crippen LogP contribution in [0, 0.1) is 6.92 Å². The molecule has 28 heavy (non-hydrogen) atoms. The molecule has 1 N–H and O–H groups in total. The summed E-state index contributed by atoms with van der Waals surface area (Å²) in [6.07, 6.45) is 4.42. The lowest BCUT2D eigenvalue weighted by Crippen LogP contribution is -2.14. The summed E-state index contributed by atoms with van der Waals surface area (Å²) in [6, 6.07) is 8.90. The minimum absolute atomic E-state index is 0.103. The third-order valence-corrected chi connectivity index (χ3v) is 6.32. The molecule has 1 aromatic carbocycles. The molecule has 0 unspecified atom stereocenters. The van der Waals surface area contributed by atoms with E-state index in [1.54, 1.807) is 0 Å². The van der Waals surface area contributed by atoms with Crippen molar-refractivity contribution in [3.05, 3.63) is 34.7 Å². The Balaban J connectivity index is 1.37. The molecule has 0 spiro atoms. The number of aromatic nitrogens is 5. The molecule has 1 saturated carbocycles. The van der Waals surface area contributed by atoms with Crippen LogP contribution in [0.2, 0.25) is 0 Å². The van der Waals surface area contributed by atoms with Gasteiger partial charge in [0.25, 0.3) is 0 Å². The molecular weight excluding hydrogens is 392 g/mol. The Morgan fingerprint density at radius 2 is 2.11 bits per heavy atom. The summed E-state index contributed by atoms with van der Waals surface area (Å²) in [5.41, 5.74) is 3.33. The number of tetrazole rings is 1. The fourth-order valence-corrected chi connectivity index (χ4v) is 4.55. The molecule has 0 aliphatic heterocycles. The number of thioether (sulfide) groups is 1. The average molecular weight is 415 g/mol. The van der Waals surface area contributed by atoms with Crippen LogP contribution in [0.5, 0.6) is 0 Å². The highest BCUT2D eigenvalue weighted by Crippen LogP contribution is 2.36. The van der Waals surface area contributed by atoms with E-state index >= 15 is 0 Å². The number of carbonyl (C=O) groups is 1. The number of aryl methyl sites for hydroxylation is 2. The fourth-order valence-electron chi connectivity index (χ4n) is 2.95. The second kappa shape index (κ2) is 8.40. The van der Waals surface area contributed by atoms with Crippen LogP contribution in [0.4, 0.5) is 5.13 Å². The number of amides is 1. The topological polar surface area (TPSA) is 85.6 Å². The van der Waals surface area contributed by atoms with Crippen molar-refractivity contribution < 1.29 is 4.79 Å². The third-order valence-electron chi connectivity index (χ3n) is 4.50. The second-order valence-corrected chi connectivity index (χ2v) is 8.99. The molecule has 0 atom stereocenters. The highest BCUT2D eigenvalue weighted by molar-refractivity contribution is 7.99. The fraction of sp³-hybridized carbons (Fsp3) is 0.421. The van der Waals surface area contributed by atoms with Crippen LogP contribution < -0.4 is 5.32 Å². The van der Waals surface area contributed by atoms with E-state index < -0.39 is 0 Å². The lowest BCUT2D eigenvalue weighted by atomic mass is 10.1. The monoisotopic (exact) mass is 414 g/mol. The van der Waals surface area contributed by atoms with Crippen LogP contribution in [0.15, 0.2) is 29.4 Å². The Morgan fingerprint density at radius 3 is 2.82 bits per heavy atom. The van der Waals surface area contributed by atoms with Crippen molar-refractivity contribution in [1.29, 1.82) is 0 Å². The largest absolute Gasteiger partial charge is 0.301 e. The van der Waals surface area contributed by atoms with E-state index in [-0.39, 0.29) is 11.7 Å². The SMILES string of the molecule is CCCc1ccc(-c2nc(NC(=O)CSc3nnnn3C3CC3)sc2C)cc1. The highest BCUT2D eigenvalue weighted by Gasteiger charge is 2.28. The minimum Gasteiger partial charge on any atom is -0.301 e. The first-order chi connectivity index (χ1) is 13.6. The summed E-state index contributed by atoms with van der Waals surface area (Å²) in [7, 11) is 0. The Labute approximate surface area is 172 Å². The first kappa shape index (κ1) is 19.1. The van der Waals surface area contributed by atoms with Crippen molar-refractivity contribution in [3.8, 4) is 11.3 Å². The van der Waals surface area contributed by atoms with E-state index in [1.807, 2.05) is 11.6 Å². The molecule has 1 aliphatic carbocycles. The van der Waals surface area contributed by atoms with E-state index in [9.17, 15) is 4.79 Å². The number of rotatable bonds is 8. The molecule has 3 aromatic rings. The molecule has 2 aromatic heterocycles. The van der Waals surface area contributed by atoms with Gasteiger partial charge in [-0.2, -0.15) is 0 Å². The number of nitrogens with zero attached hydrogens (tertiary/aromatic N) is 5. The molecule has 9 heteroatoms. The first-order valence-electron chi connectivity index (χ1n) is 9.41. The van der Waals surface area contributed by atoms with E-state index in [4.69, 9.17) is 0 Å². The van der Waals surface area contributed by atoms with Gasteiger partial charge in [0.2, 0.25) is 11.1 Å². The van der Waals surface area contributed by atoms with Gasteiger partial charge in [0.05, 0.1) is 17.5 Å². The predicted molar refractivity (Wildman–Crippen MR) is 112 cm³/mol. The molecule has 2 heterocycles. The molecule has 0 radical (unpaired) electrons. The van der Waals surface area contributed by atoms with Crippen molar-refractivity contribution >= 4 is 34.1 Å². The van der Waals surface area contributed by atoms with Crippen LogP contribution in [0.25, 0.3) is 11.3 Å². The van der Waals surface area contributed by atoms with Gasteiger partial charge in [0, 0.05) is 10.4 Å². The first-order valence-corrected chi connectivity index (χ1v) is 11.2. The Hall–Kier alpha value is -2.26. The lowest BCUT2D eigenvalue weighted by molar-refractivity contribution is -0.113. The van der Waals surface area contributed by atoms with Crippen LogP contribution in [-0.4, -0.2) is 36.9 Å². The maximum Gasteiger partial charge on any atom is 0.236 e. The average Bonchev–Trinajstić information content (AvgIpc) is 3.31. The minimum atomic E-state index is -0.103. The summed E-state index contributed by atoms with van der Waals surface area (Å²) < 4.78 is 1.81. The number of hydrogen-bond donors (Lipinski definition) is 1. The van der Waals surface area contributed by atoms with Gasteiger partial charge in [-0.05, 0) is 42.2 Å². The van der Waals surface area contributed by atoms with Crippen molar-refractivity contribution in [2.45, 2.75) is 50.7 Å². The Kier molecular flexibility index (Phi) is 5.72. The molecule has 1 fully saturated rings. The van der Waals surface area contributed by atoms with Gasteiger partial charge in [0.15, 0.2) is 5.13 Å². The molecule has 0 saturated heterocycles. The number of carbonyl (C=O) groups excluding carboxylic acids is 1. The molecule has 4 rings (SSSR count). The summed E-state index contributed by atoms with van der Waals surface area (Å²) in [5.74, 6) is 0.154. The van der Waals surface area contributed by atoms with Crippen LogP contribution in [-0.2, 0) is 11.2 Å². The molecule has 1 amide bonds. The summed E-state index contributed by atoms with van der Waals surface area (Å²) in [4.78, 5) is 18.1. The molecule has 1 aliphatic rings. The zero-order chi connectivity index (χ0) is 19.5. The lowest BCUT2D eigenvalue weighted by Gasteiger charge is -2.03. The van der Waals surface area contributed by atoms with Gasteiger partial charge in [-0.3, -0.25) is 4.79 Å². The van der Waals surface area contributed by atoms with Crippen molar-refractivity contribution in [2.24, 2.45) is 0 Å². The van der Waals surface area contributed by atoms with Crippen molar-refractivity contribution in [2.75, 3.05) is 11.1 Å². The number of anilines is 1. The van der Waals surface area contributed by atoms with Crippen LogP contribution >= 0.6 is 23.1 Å². The molecular formula is C19H22N6OS2. The van der Waals surface area contributed by atoms with Gasteiger partial charge in [-0.15, -0.1) is 16.4 Å². The van der Waals surface area contributed by atoms with E-state index in [2.05, 4.69) is 57.0 Å². The third kappa shape index (κ3) is 4.41. The predicted octanol–water partition coefficient (Wildman–Crippen LogP) is 4.12. The van der Waals surface area contributed by atoms with Crippen molar-refractivity contribution in [3.63, 3.8) is 0 Å². The van der Waals surface area contributed by atoms with Crippen LogP contribution in [0.1, 0.15) is 42.7 Å². The molecule has 7 nitrogen and oxygen atoms in total. The standard InChI is InChI=1S/C19H22N6OS2/c1-3-4-13-5-7-14(8-6-13)17-12(2)28-18(21-17)20-16(26)11-27-19-22-23-24-25(19)15-9-10-15/h5-8,15H,3-4,9-11H2,1-2H3,(H,20,21,26). The maximum absolute atomic E-state index is 12.3. The van der Waals surface area contributed by atoms with Gasteiger partial charge >= 0.3 is 0 Å². The van der Waals surface area contributed by atoms with Crippen LogP contribution in [0.3, 0.4) is 0 Å². The normalized spacial score (nSPS) is 13.6. The van der Waals surface area contributed by atoms with Gasteiger partial charge in [-0.1, -0.05) is 49.4 Å². The Morgan fingerprint density at radius 1 is 1.32 bits per heavy atom. The summed E-state index contributed by atoms with van der Waals surface area (Å²) in [5, 5.41) is 15.9. The zero-order valence-electron chi connectivity index (χ0n) is 15.9. The summed E-state index contributed by atoms with van der Waals surface area (Å²) in [6.45, 7) is 4.21. The number of hydrogen-bond acceptors (Lipinski definition) is 7. The number of thiazole rings is 1. The number of benzene rings is 1. The molecule has 146 valence electrons. The van der Waals surface area contributed by atoms with Gasteiger partial charge in [0.1, 0.15) is 0 Å². The van der Waals surface area contributed by atoms with E-state index in [1.165, 1.54) is 28.7 Å². The van der Waals surface area contributed by atoms with E-state index in [0.29, 0.717) is 16.3 Å². The highest BCUT2D eigenvalue weighted by atomic mass is 32.2. The van der Waals surface area contributed by atoms with Gasteiger partial charge < -0.3 is 5.32 Å².